The van der Waals surface area contributed by atoms with Crippen molar-refractivity contribution in [2.75, 3.05) is 19.0 Å². The lowest BCUT2D eigenvalue weighted by atomic mass is 9.94. The predicted octanol–water partition coefficient (Wildman–Crippen LogP) is 2.82. The largest absolute Gasteiger partial charge is 0.447 e. The predicted molar refractivity (Wildman–Crippen MR) is 103 cm³/mol. The Morgan fingerprint density at radius 3 is 2.61 bits per heavy atom. The van der Waals surface area contributed by atoms with Gasteiger partial charge in [0.1, 0.15) is 12.1 Å². The molecule has 0 aliphatic heterocycles. The maximum absolute atomic E-state index is 12.0. The van der Waals surface area contributed by atoms with E-state index in [9.17, 15) is 9.59 Å². The summed E-state index contributed by atoms with van der Waals surface area (Å²) in [4.78, 5) is 25.7. The molecule has 0 atom stereocenters. The Kier molecular flexibility index (Phi) is 6.13. The lowest BCUT2D eigenvalue weighted by Crippen LogP contribution is -2.46. The van der Waals surface area contributed by atoms with Crippen LogP contribution in [0.2, 0.25) is 5.02 Å². The van der Waals surface area contributed by atoms with E-state index in [0.29, 0.717) is 23.1 Å². The first-order valence-corrected chi connectivity index (χ1v) is 9.50. The maximum Gasteiger partial charge on any atom is 0.411 e. The SMILES string of the molecule is CC(=O)N(C)C1(c2nnnn2CCOC(=O)Nc2ccc(Cl)cc2)CCCC1. The number of aromatic nitrogens is 4. The fourth-order valence-corrected chi connectivity index (χ4v) is 3.70. The topological polar surface area (TPSA) is 102 Å². The fourth-order valence-electron chi connectivity index (χ4n) is 3.57. The second-order valence-electron chi connectivity index (χ2n) is 6.81. The third kappa shape index (κ3) is 4.24. The van der Waals surface area contributed by atoms with Gasteiger partial charge in [-0.2, -0.15) is 0 Å². The smallest absolute Gasteiger partial charge is 0.411 e. The molecule has 1 aromatic carbocycles. The molecule has 0 spiro atoms. The third-order valence-corrected chi connectivity index (χ3v) is 5.37. The molecule has 28 heavy (non-hydrogen) atoms. The van der Waals surface area contributed by atoms with E-state index in [1.54, 1.807) is 47.8 Å². The lowest BCUT2D eigenvalue weighted by Gasteiger charge is -2.36. The van der Waals surface area contributed by atoms with E-state index in [0.717, 1.165) is 25.7 Å². The van der Waals surface area contributed by atoms with Crippen molar-refractivity contribution >= 4 is 29.3 Å². The number of nitrogens with zero attached hydrogens (tertiary/aromatic N) is 5. The lowest BCUT2D eigenvalue weighted by molar-refractivity contribution is -0.134. The molecule has 1 N–H and O–H groups in total. The van der Waals surface area contributed by atoms with Crippen molar-refractivity contribution in [1.29, 1.82) is 0 Å². The van der Waals surface area contributed by atoms with E-state index < -0.39 is 11.6 Å². The van der Waals surface area contributed by atoms with Gasteiger partial charge in [0.05, 0.1) is 6.54 Å². The van der Waals surface area contributed by atoms with Gasteiger partial charge in [-0.1, -0.05) is 24.4 Å². The van der Waals surface area contributed by atoms with Crippen LogP contribution < -0.4 is 5.32 Å². The zero-order valence-electron chi connectivity index (χ0n) is 15.9. The molecule has 1 aliphatic carbocycles. The van der Waals surface area contributed by atoms with Crippen LogP contribution in [-0.4, -0.2) is 50.8 Å². The van der Waals surface area contributed by atoms with E-state index in [4.69, 9.17) is 16.3 Å². The number of hydrogen-bond donors (Lipinski definition) is 1. The Morgan fingerprint density at radius 1 is 1.29 bits per heavy atom. The van der Waals surface area contributed by atoms with Gasteiger partial charge in [-0.15, -0.1) is 5.10 Å². The van der Waals surface area contributed by atoms with Crippen molar-refractivity contribution in [3.8, 4) is 0 Å². The van der Waals surface area contributed by atoms with E-state index in [1.807, 2.05) is 0 Å². The standard InChI is InChI=1S/C18H23ClN6O3/c1-13(26)24(2)18(9-3-4-10-18)16-21-22-23-25(16)11-12-28-17(27)20-15-7-5-14(19)6-8-15/h5-8H,3-4,9-12H2,1-2H3,(H,20,27). The van der Waals surface area contributed by atoms with E-state index in [2.05, 4.69) is 20.8 Å². The van der Waals surface area contributed by atoms with E-state index in [-0.39, 0.29) is 12.5 Å². The van der Waals surface area contributed by atoms with E-state index >= 15 is 0 Å². The summed E-state index contributed by atoms with van der Waals surface area (Å²) in [7, 11) is 1.78. The van der Waals surface area contributed by atoms with Crippen LogP contribution in [0.5, 0.6) is 0 Å². The number of carbonyl (C=O) groups excluding carboxylic acids is 2. The summed E-state index contributed by atoms with van der Waals surface area (Å²) < 4.78 is 6.84. The molecule has 0 bridgehead atoms. The average molecular weight is 407 g/mol. The van der Waals surface area contributed by atoms with Crippen LogP contribution in [0.4, 0.5) is 10.5 Å². The molecule has 2 amide bonds. The van der Waals surface area contributed by atoms with Crippen molar-refractivity contribution in [2.45, 2.75) is 44.7 Å². The second kappa shape index (κ2) is 8.55. The van der Waals surface area contributed by atoms with Crippen molar-refractivity contribution in [3.63, 3.8) is 0 Å². The van der Waals surface area contributed by atoms with Crippen LogP contribution in [0, 0.1) is 0 Å². The van der Waals surface area contributed by atoms with Crippen LogP contribution in [0.25, 0.3) is 0 Å². The van der Waals surface area contributed by atoms with Gasteiger partial charge in [0.15, 0.2) is 5.82 Å². The number of anilines is 1. The first kappa shape index (κ1) is 20.1. The molecule has 10 heteroatoms. The summed E-state index contributed by atoms with van der Waals surface area (Å²) in [6.45, 7) is 1.93. The van der Waals surface area contributed by atoms with Gasteiger partial charge < -0.3 is 9.64 Å². The molecule has 1 saturated carbocycles. The Labute approximate surface area is 168 Å². The Hall–Kier alpha value is -2.68. The van der Waals surface area contributed by atoms with Crippen molar-refractivity contribution < 1.29 is 14.3 Å². The van der Waals surface area contributed by atoms with Gasteiger partial charge in [-0.05, 0) is 47.5 Å². The molecule has 0 saturated heterocycles. The summed E-state index contributed by atoms with van der Waals surface area (Å²) in [6, 6.07) is 6.73. The monoisotopic (exact) mass is 406 g/mol. The number of tetrazole rings is 1. The molecular weight excluding hydrogens is 384 g/mol. The highest BCUT2D eigenvalue weighted by Gasteiger charge is 2.45. The van der Waals surface area contributed by atoms with Gasteiger partial charge >= 0.3 is 6.09 Å². The zero-order chi connectivity index (χ0) is 20.1. The molecule has 0 unspecified atom stereocenters. The van der Waals surface area contributed by atoms with Crippen LogP contribution in [0.15, 0.2) is 24.3 Å². The first-order chi connectivity index (χ1) is 13.4. The molecule has 150 valence electrons. The average Bonchev–Trinajstić information content (AvgIpc) is 3.33. The number of halogens is 1. The van der Waals surface area contributed by atoms with Gasteiger partial charge in [0, 0.05) is 24.7 Å². The molecule has 1 fully saturated rings. The molecular formula is C18H23ClN6O3. The first-order valence-electron chi connectivity index (χ1n) is 9.13. The summed E-state index contributed by atoms with van der Waals surface area (Å²) in [6.07, 6.45) is 3.05. The third-order valence-electron chi connectivity index (χ3n) is 5.12. The molecule has 3 rings (SSSR count). The van der Waals surface area contributed by atoms with Gasteiger partial charge in [0.25, 0.3) is 0 Å². The van der Waals surface area contributed by atoms with E-state index in [1.165, 1.54) is 0 Å². The van der Waals surface area contributed by atoms with Gasteiger partial charge in [-0.3, -0.25) is 10.1 Å². The number of rotatable bonds is 6. The Morgan fingerprint density at radius 2 is 1.96 bits per heavy atom. The number of benzene rings is 1. The molecule has 2 aromatic rings. The maximum atomic E-state index is 12.0. The van der Waals surface area contributed by atoms with Gasteiger partial charge in [0.2, 0.25) is 5.91 Å². The molecule has 9 nitrogen and oxygen atoms in total. The number of carbonyl (C=O) groups is 2. The minimum absolute atomic E-state index is 0.0324. The zero-order valence-corrected chi connectivity index (χ0v) is 16.6. The second-order valence-corrected chi connectivity index (χ2v) is 7.25. The summed E-state index contributed by atoms with van der Waals surface area (Å²) in [5.74, 6) is 0.597. The summed E-state index contributed by atoms with van der Waals surface area (Å²) >= 11 is 5.82. The Balaban J connectivity index is 1.62. The molecule has 0 radical (unpaired) electrons. The minimum Gasteiger partial charge on any atom is -0.447 e. The van der Waals surface area contributed by atoms with Crippen LogP contribution in [0.1, 0.15) is 38.4 Å². The fraction of sp³-hybridized carbons (Fsp3) is 0.500. The summed E-state index contributed by atoms with van der Waals surface area (Å²) in [5, 5.41) is 15.2. The highest BCUT2D eigenvalue weighted by molar-refractivity contribution is 6.30. The van der Waals surface area contributed by atoms with Crippen LogP contribution >= 0.6 is 11.6 Å². The highest BCUT2D eigenvalue weighted by Crippen LogP contribution is 2.42. The number of amides is 2. The minimum atomic E-state index is -0.576. The van der Waals surface area contributed by atoms with Crippen molar-refractivity contribution in [3.05, 3.63) is 35.1 Å². The van der Waals surface area contributed by atoms with Crippen LogP contribution in [0.3, 0.4) is 0 Å². The molecule has 1 heterocycles. The van der Waals surface area contributed by atoms with Crippen LogP contribution in [-0.2, 0) is 21.6 Å². The molecule has 1 aromatic heterocycles. The quantitative estimate of drug-likeness (QED) is 0.791. The highest BCUT2D eigenvalue weighted by atomic mass is 35.5. The van der Waals surface area contributed by atoms with Crippen molar-refractivity contribution in [1.82, 2.24) is 25.1 Å². The van der Waals surface area contributed by atoms with Gasteiger partial charge in [-0.25, -0.2) is 9.48 Å². The number of ether oxygens (including phenoxy) is 1. The summed E-state index contributed by atoms with van der Waals surface area (Å²) in [5.41, 5.74) is 0.0754. The normalized spacial score (nSPS) is 15.2. The number of hydrogen-bond acceptors (Lipinski definition) is 6. The Bertz CT molecular complexity index is 832. The molecule has 1 aliphatic rings. The van der Waals surface area contributed by atoms with Crippen molar-refractivity contribution in [2.24, 2.45) is 0 Å². The number of nitrogens with one attached hydrogen (secondary N) is 1.